The van der Waals surface area contributed by atoms with E-state index in [4.69, 9.17) is 10.5 Å². The largest absolute Gasteiger partial charge is 0.399 e. The van der Waals surface area contributed by atoms with Crippen molar-refractivity contribution in [3.63, 3.8) is 0 Å². The van der Waals surface area contributed by atoms with Crippen LogP contribution >= 0.6 is 24.8 Å². The fourth-order valence-corrected chi connectivity index (χ4v) is 2.40. The minimum absolute atomic E-state index is 0. The summed E-state index contributed by atoms with van der Waals surface area (Å²) in [6.45, 7) is 2.86. The van der Waals surface area contributed by atoms with E-state index in [1.165, 1.54) is 0 Å². The van der Waals surface area contributed by atoms with Crippen molar-refractivity contribution in [3.05, 3.63) is 48.2 Å². The molecule has 8 heteroatoms. The molecule has 1 amide bonds. The number of rotatable bonds is 3. The van der Waals surface area contributed by atoms with Gasteiger partial charge in [-0.1, -0.05) is 6.07 Å². The molecule has 0 bridgehead atoms. The first kappa shape index (κ1) is 20.0. The standard InChI is InChI=1S/C16H18N4O2.2ClH/c17-13-4-1-3-12(11-13)16(21)19-14-5-2-6-18-15(14)20-7-9-22-10-8-20;;/h1-6,11H,7-10,17H2,(H,19,21);2*1H. The number of hydrogen-bond acceptors (Lipinski definition) is 5. The molecule has 6 nitrogen and oxygen atoms in total. The Hall–Kier alpha value is -2.02. The molecule has 0 atom stereocenters. The maximum absolute atomic E-state index is 12.4. The van der Waals surface area contributed by atoms with Gasteiger partial charge in [0.1, 0.15) is 0 Å². The fourth-order valence-electron chi connectivity index (χ4n) is 2.40. The van der Waals surface area contributed by atoms with E-state index in [1.54, 1.807) is 36.5 Å². The number of hydrogen-bond donors (Lipinski definition) is 2. The van der Waals surface area contributed by atoms with Crippen molar-refractivity contribution in [1.82, 2.24) is 4.98 Å². The van der Waals surface area contributed by atoms with E-state index < -0.39 is 0 Å². The molecule has 3 rings (SSSR count). The Labute approximate surface area is 153 Å². The number of pyridine rings is 1. The van der Waals surface area contributed by atoms with Crippen LogP contribution in [-0.4, -0.2) is 37.2 Å². The quantitative estimate of drug-likeness (QED) is 0.811. The number of anilines is 3. The van der Waals surface area contributed by atoms with E-state index in [2.05, 4.69) is 15.2 Å². The van der Waals surface area contributed by atoms with Gasteiger partial charge in [0.05, 0.1) is 18.9 Å². The minimum atomic E-state index is -0.199. The van der Waals surface area contributed by atoms with E-state index in [1.807, 2.05) is 6.07 Å². The van der Waals surface area contributed by atoms with Crippen LogP contribution in [0.2, 0.25) is 0 Å². The average Bonchev–Trinajstić information content (AvgIpc) is 2.56. The van der Waals surface area contributed by atoms with Crippen molar-refractivity contribution in [3.8, 4) is 0 Å². The highest BCUT2D eigenvalue weighted by Crippen LogP contribution is 2.24. The Balaban J connectivity index is 0.00000144. The van der Waals surface area contributed by atoms with Gasteiger partial charge < -0.3 is 20.7 Å². The van der Waals surface area contributed by atoms with E-state index in [9.17, 15) is 4.79 Å². The van der Waals surface area contributed by atoms with Crippen LogP contribution in [0.4, 0.5) is 17.2 Å². The highest BCUT2D eigenvalue weighted by molar-refractivity contribution is 6.06. The smallest absolute Gasteiger partial charge is 0.255 e. The number of nitrogens with two attached hydrogens (primary N) is 1. The summed E-state index contributed by atoms with van der Waals surface area (Å²) in [7, 11) is 0. The topological polar surface area (TPSA) is 80.5 Å². The second kappa shape index (κ2) is 9.32. The molecule has 3 N–H and O–H groups in total. The lowest BCUT2D eigenvalue weighted by Crippen LogP contribution is -2.37. The van der Waals surface area contributed by atoms with Crippen LogP contribution in [0.1, 0.15) is 10.4 Å². The summed E-state index contributed by atoms with van der Waals surface area (Å²) in [6.07, 6.45) is 1.72. The molecule has 130 valence electrons. The van der Waals surface area contributed by atoms with Crippen molar-refractivity contribution < 1.29 is 9.53 Å². The average molecular weight is 371 g/mol. The van der Waals surface area contributed by atoms with Crippen molar-refractivity contribution >= 4 is 47.9 Å². The SMILES string of the molecule is Cl.Cl.Nc1cccc(C(=O)Nc2cccnc2N2CCOCC2)c1. The summed E-state index contributed by atoms with van der Waals surface area (Å²) in [4.78, 5) is 18.9. The summed E-state index contributed by atoms with van der Waals surface area (Å²) < 4.78 is 5.35. The molecule has 0 aliphatic carbocycles. The molecule has 1 aromatic heterocycles. The predicted molar refractivity (Wildman–Crippen MR) is 101 cm³/mol. The monoisotopic (exact) mass is 370 g/mol. The molecular formula is C16H20Cl2N4O2. The summed E-state index contributed by atoms with van der Waals surface area (Å²) in [5, 5.41) is 2.91. The van der Waals surface area contributed by atoms with Gasteiger partial charge in [-0.05, 0) is 30.3 Å². The molecule has 0 saturated carbocycles. The molecule has 2 aromatic rings. The number of amides is 1. The summed E-state index contributed by atoms with van der Waals surface area (Å²) >= 11 is 0. The maximum Gasteiger partial charge on any atom is 0.255 e. The Morgan fingerprint density at radius 3 is 2.62 bits per heavy atom. The van der Waals surface area contributed by atoms with E-state index in [0.717, 1.165) is 18.9 Å². The number of carbonyl (C=O) groups excluding carboxylic acids is 1. The fraction of sp³-hybridized carbons (Fsp3) is 0.250. The van der Waals surface area contributed by atoms with Crippen LogP contribution in [0.15, 0.2) is 42.6 Å². The van der Waals surface area contributed by atoms with Gasteiger partial charge in [-0.2, -0.15) is 0 Å². The first-order valence-corrected chi connectivity index (χ1v) is 7.18. The van der Waals surface area contributed by atoms with Crippen LogP contribution < -0.4 is 16.0 Å². The zero-order chi connectivity index (χ0) is 15.4. The van der Waals surface area contributed by atoms with Gasteiger partial charge in [0.15, 0.2) is 5.82 Å². The van der Waals surface area contributed by atoms with Crippen LogP contribution in [0.25, 0.3) is 0 Å². The lowest BCUT2D eigenvalue weighted by molar-refractivity contribution is 0.102. The number of morpholine rings is 1. The predicted octanol–water partition coefficient (Wildman–Crippen LogP) is 2.60. The molecule has 1 fully saturated rings. The zero-order valence-corrected chi connectivity index (χ0v) is 14.6. The number of nitrogens with zero attached hydrogens (tertiary/aromatic N) is 2. The number of ether oxygens (including phenoxy) is 1. The van der Waals surface area contributed by atoms with E-state index >= 15 is 0 Å². The second-order valence-corrected chi connectivity index (χ2v) is 5.05. The molecule has 0 unspecified atom stereocenters. The number of carbonyl (C=O) groups is 1. The number of nitrogens with one attached hydrogen (secondary N) is 1. The van der Waals surface area contributed by atoms with Crippen LogP contribution in [-0.2, 0) is 4.74 Å². The first-order chi connectivity index (χ1) is 10.7. The van der Waals surface area contributed by atoms with Gasteiger partial charge >= 0.3 is 0 Å². The molecule has 1 saturated heterocycles. The first-order valence-electron chi connectivity index (χ1n) is 7.18. The molecule has 0 spiro atoms. The van der Waals surface area contributed by atoms with Crippen LogP contribution in [0.3, 0.4) is 0 Å². The summed E-state index contributed by atoms with van der Waals surface area (Å²) in [6, 6.07) is 10.5. The van der Waals surface area contributed by atoms with Gasteiger partial charge in [-0.15, -0.1) is 24.8 Å². The normalized spacial score (nSPS) is 13.4. The molecule has 1 aromatic carbocycles. The summed E-state index contributed by atoms with van der Waals surface area (Å²) in [5.41, 5.74) is 7.50. The lowest BCUT2D eigenvalue weighted by atomic mass is 10.2. The Morgan fingerprint density at radius 1 is 1.17 bits per heavy atom. The van der Waals surface area contributed by atoms with Crippen molar-refractivity contribution in [2.45, 2.75) is 0 Å². The second-order valence-electron chi connectivity index (χ2n) is 5.05. The Kier molecular flexibility index (Phi) is 7.78. The number of halogens is 2. The third kappa shape index (κ3) is 4.74. The van der Waals surface area contributed by atoms with Gasteiger partial charge in [0.2, 0.25) is 0 Å². The van der Waals surface area contributed by atoms with Gasteiger partial charge in [0.25, 0.3) is 5.91 Å². The molecule has 1 aliphatic rings. The lowest BCUT2D eigenvalue weighted by Gasteiger charge is -2.29. The minimum Gasteiger partial charge on any atom is -0.399 e. The molecule has 24 heavy (non-hydrogen) atoms. The molecule has 0 radical (unpaired) electrons. The van der Waals surface area contributed by atoms with Crippen molar-refractivity contribution in [1.29, 1.82) is 0 Å². The van der Waals surface area contributed by atoms with Crippen molar-refractivity contribution in [2.24, 2.45) is 0 Å². The van der Waals surface area contributed by atoms with Gasteiger partial charge in [0, 0.05) is 30.5 Å². The number of benzene rings is 1. The van der Waals surface area contributed by atoms with Crippen molar-refractivity contribution in [2.75, 3.05) is 42.3 Å². The molecular weight excluding hydrogens is 351 g/mol. The zero-order valence-electron chi connectivity index (χ0n) is 13.0. The highest BCUT2D eigenvalue weighted by Gasteiger charge is 2.17. The van der Waals surface area contributed by atoms with E-state index in [-0.39, 0.29) is 30.7 Å². The van der Waals surface area contributed by atoms with Gasteiger partial charge in [-0.25, -0.2) is 4.98 Å². The number of aromatic nitrogens is 1. The van der Waals surface area contributed by atoms with Gasteiger partial charge in [-0.3, -0.25) is 4.79 Å². The molecule has 2 heterocycles. The molecule has 1 aliphatic heterocycles. The number of nitrogen functional groups attached to an aromatic ring is 1. The van der Waals surface area contributed by atoms with Crippen LogP contribution in [0.5, 0.6) is 0 Å². The third-order valence-electron chi connectivity index (χ3n) is 3.49. The Morgan fingerprint density at radius 2 is 1.92 bits per heavy atom. The maximum atomic E-state index is 12.4. The Bertz CT molecular complexity index is 679. The highest BCUT2D eigenvalue weighted by atomic mass is 35.5. The third-order valence-corrected chi connectivity index (χ3v) is 3.49. The summed E-state index contributed by atoms with van der Waals surface area (Å²) in [5.74, 6) is 0.567. The van der Waals surface area contributed by atoms with E-state index in [0.29, 0.717) is 30.2 Å². The van der Waals surface area contributed by atoms with Crippen LogP contribution in [0, 0.1) is 0 Å².